The van der Waals surface area contributed by atoms with Gasteiger partial charge in [0, 0.05) is 22.1 Å². The van der Waals surface area contributed by atoms with E-state index in [1.807, 2.05) is 30.3 Å². The molecular weight excluding hydrogens is 439 g/mol. The van der Waals surface area contributed by atoms with Gasteiger partial charge in [0.05, 0.1) is 35.4 Å². The molecule has 0 amide bonds. The molecule has 5 rings (SSSR count). The molecule has 0 bridgehead atoms. The first-order chi connectivity index (χ1) is 14.7. The summed E-state index contributed by atoms with van der Waals surface area (Å²) in [4.78, 5) is 5.82. The fourth-order valence-corrected chi connectivity index (χ4v) is 5.41. The molecule has 0 spiro atoms. The molecule has 1 aromatic carbocycles. The molecule has 4 nitrogen and oxygen atoms in total. The van der Waals surface area contributed by atoms with E-state index < -0.39 is 0 Å². The zero-order valence-corrected chi connectivity index (χ0v) is 18.5. The Morgan fingerprint density at radius 2 is 2.00 bits per heavy atom. The average Bonchev–Trinajstić information content (AvgIpc) is 3.46. The number of thiazole rings is 1. The first-order valence-electron chi connectivity index (χ1n) is 9.84. The topological polar surface area (TPSA) is 43.6 Å². The van der Waals surface area contributed by atoms with Gasteiger partial charge in [0.25, 0.3) is 0 Å². The molecular formula is C23H20Cl2N2O2S. The van der Waals surface area contributed by atoms with E-state index in [0.29, 0.717) is 23.1 Å². The van der Waals surface area contributed by atoms with Gasteiger partial charge in [-0.25, -0.2) is 0 Å². The van der Waals surface area contributed by atoms with E-state index in [1.54, 1.807) is 30.1 Å². The predicted octanol–water partition coefficient (Wildman–Crippen LogP) is 6.66. The van der Waals surface area contributed by atoms with Crippen LogP contribution in [-0.4, -0.2) is 4.57 Å². The first-order valence-corrected chi connectivity index (χ1v) is 11.5. The molecule has 4 aromatic rings. The Hall–Kier alpha value is -2.21. The fourth-order valence-electron chi connectivity index (χ4n) is 4.12. The van der Waals surface area contributed by atoms with Crippen molar-refractivity contribution in [2.24, 2.45) is 4.99 Å². The molecule has 0 aliphatic heterocycles. The lowest BCUT2D eigenvalue weighted by Crippen LogP contribution is -2.39. The predicted molar refractivity (Wildman–Crippen MR) is 119 cm³/mol. The van der Waals surface area contributed by atoms with E-state index in [4.69, 9.17) is 37.0 Å². The van der Waals surface area contributed by atoms with Crippen molar-refractivity contribution in [1.29, 1.82) is 0 Å². The average molecular weight is 459 g/mol. The lowest BCUT2D eigenvalue weighted by molar-refractivity contribution is 0.284. The maximum absolute atomic E-state index is 6.38. The second kappa shape index (κ2) is 8.14. The number of hydrogen-bond donors (Lipinski definition) is 0. The maximum Gasteiger partial charge on any atom is 0.185 e. The van der Waals surface area contributed by atoms with Crippen molar-refractivity contribution in [3.8, 4) is 0 Å². The van der Waals surface area contributed by atoms with Crippen LogP contribution in [0.15, 0.2) is 74.4 Å². The van der Waals surface area contributed by atoms with Gasteiger partial charge in [-0.1, -0.05) is 35.7 Å². The quantitative estimate of drug-likeness (QED) is 0.324. The number of aromatic nitrogens is 1. The van der Waals surface area contributed by atoms with Gasteiger partial charge in [-0.3, -0.25) is 4.99 Å². The molecule has 0 N–H and O–H groups in total. The Kier molecular flexibility index (Phi) is 5.35. The highest BCUT2D eigenvalue weighted by molar-refractivity contribution is 7.07. The van der Waals surface area contributed by atoms with Crippen LogP contribution in [0.3, 0.4) is 0 Å². The van der Waals surface area contributed by atoms with E-state index in [1.165, 1.54) is 17.7 Å². The van der Waals surface area contributed by atoms with Crippen LogP contribution in [-0.2, 0) is 18.5 Å². The first kappa shape index (κ1) is 19.7. The van der Waals surface area contributed by atoms with Gasteiger partial charge in [-0.2, -0.15) is 0 Å². The minimum atomic E-state index is -0.0765. The lowest BCUT2D eigenvalue weighted by Gasteiger charge is -2.43. The summed E-state index contributed by atoms with van der Waals surface area (Å²) in [6.45, 7) is 1.22. The van der Waals surface area contributed by atoms with E-state index in [0.717, 1.165) is 29.0 Å². The smallest absolute Gasteiger partial charge is 0.185 e. The van der Waals surface area contributed by atoms with E-state index >= 15 is 0 Å². The van der Waals surface area contributed by atoms with Gasteiger partial charge in [0.2, 0.25) is 0 Å². The molecule has 1 aliphatic rings. The lowest BCUT2D eigenvalue weighted by atomic mass is 9.62. The number of rotatable bonds is 6. The van der Waals surface area contributed by atoms with E-state index in [-0.39, 0.29) is 5.41 Å². The van der Waals surface area contributed by atoms with Crippen molar-refractivity contribution in [2.75, 3.05) is 0 Å². The highest BCUT2D eigenvalue weighted by Gasteiger charge is 2.43. The van der Waals surface area contributed by atoms with Crippen molar-refractivity contribution in [1.82, 2.24) is 4.57 Å². The fraction of sp³-hybridized carbons (Fsp3) is 0.261. The Balaban J connectivity index is 1.61. The number of hydrogen-bond acceptors (Lipinski definition) is 4. The van der Waals surface area contributed by atoms with Crippen LogP contribution < -0.4 is 4.80 Å². The van der Waals surface area contributed by atoms with Gasteiger partial charge in [0.15, 0.2) is 4.80 Å². The minimum Gasteiger partial charge on any atom is -0.472 e. The van der Waals surface area contributed by atoms with Crippen molar-refractivity contribution >= 4 is 34.5 Å². The molecule has 154 valence electrons. The molecule has 1 aliphatic carbocycles. The Labute approximate surface area is 188 Å². The second-order valence-electron chi connectivity index (χ2n) is 7.58. The molecule has 1 saturated carbocycles. The summed E-state index contributed by atoms with van der Waals surface area (Å²) < 4.78 is 13.1. The third-order valence-corrected chi connectivity index (χ3v) is 7.48. The maximum atomic E-state index is 6.38. The van der Waals surface area contributed by atoms with Crippen LogP contribution in [0.4, 0.5) is 0 Å². The number of nitrogens with zero attached hydrogens (tertiary/aromatic N) is 2. The summed E-state index contributed by atoms with van der Waals surface area (Å²) in [5, 5.41) is 3.42. The molecule has 0 radical (unpaired) electrons. The highest BCUT2D eigenvalue weighted by Crippen LogP contribution is 2.50. The van der Waals surface area contributed by atoms with Crippen LogP contribution in [0.1, 0.15) is 41.8 Å². The third-order valence-electron chi connectivity index (χ3n) is 5.84. The normalized spacial score (nSPS) is 16.0. The minimum absolute atomic E-state index is 0.0765. The summed E-state index contributed by atoms with van der Waals surface area (Å²) in [5.41, 5.74) is 3.50. The van der Waals surface area contributed by atoms with Gasteiger partial charge >= 0.3 is 0 Å². The summed E-state index contributed by atoms with van der Waals surface area (Å²) in [6, 6.07) is 11.8. The largest absolute Gasteiger partial charge is 0.472 e. The molecule has 0 unspecified atom stereocenters. The SMILES string of the molecule is Clc1ccc(C2(c3csc(=NCc4ccco4)n3Cc3ccoc3)CCC2)cc1Cl. The zero-order chi connectivity index (χ0) is 20.6. The second-order valence-corrected chi connectivity index (χ2v) is 9.23. The van der Waals surface area contributed by atoms with E-state index in [9.17, 15) is 0 Å². The molecule has 30 heavy (non-hydrogen) atoms. The van der Waals surface area contributed by atoms with Gasteiger partial charge in [-0.05, 0) is 48.7 Å². The van der Waals surface area contributed by atoms with Gasteiger partial charge in [0.1, 0.15) is 12.3 Å². The summed E-state index contributed by atoms with van der Waals surface area (Å²) in [6.07, 6.45) is 8.50. The highest BCUT2D eigenvalue weighted by atomic mass is 35.5. The number of benzene rings is 1. The van der Waals surface area contributed by atoms with Crippen LogP contribution >= 0.6 is 34.5 Å². The van der Waals surface area contributed by atoms with E-state index in [2.05, 4.69) is 16.0 Å². The molecule has 3 aromatic heterocycles. The van der Waals surface area contributed by atoms with Gasteiger partial charge in [-0.15, -0.1) is 11.3 Å². The van der Waals surface area contributed by atoms with Crippen LogP contribution in [0, 0.1) is 0 Å². The van der Waals surface area contributed by atoms with Crippen molar-refractivity contribution in [2.45, 2.75) is 37.8 Å². The van der Waals surface area contributed by atoms with Crippen LogP contribution in [0.5, 0.6) is 0 Å². The summed E-state index contributed by atoms with van der Waals surface area (Å²) in [5.74, 6) is 0.850. The number of furan rings is 2. The molecule has 0 saturated heterocycles. The summed E-state index contributed by atoms with van der Waals surface area (Å²) in [7, 11) is 0. The zero-order valence-electron chi connectivity index (χ0n) is 16.2. The molecule has 1 fully saturated rings. The summed E-state index contributed by atoms with van der Waals surface area (Å²) >= 11 is 14.2. The molecule has 0 atom stereocenters. The van der Waals surface area contributed by atoms with Crippen LogP contribution in [0.25, 0.3) is 0 Å². The molecule has 3 heterocycles. The third kappa shape index (κ3) is 3.55. The van der Waals surface area contributed by atoms with Crippen molar-refractivity contribution in [3.63, 3.8) is 0 Å². The van der Waals surface area contributed by atoms with Crippen molar-refractivity contribution in [3.05, 3.63) is 98.0 Å². The Morgan fingerprint density at radius 3 is 2.67 bits per heavy atom. The Bertz CT molecular complexity index is 1200. The standard InChI is InChI=1S/C23H20Cl2N2O2S/c24-19-5-4-17(11-20(19)25)23(7-2-8-23)21-15-30-22(26-12-18-3-1-9-29-18)27(21)13-16-6-10-28-14-16/h1,3-6,9-11,14-15H,2,7-8,12-13H2. The van der Waals surface area contributed by atoms with Crippen LogP contribution in [0.2, 0.25) is 10.0 Å². The molecule has 7 heteroatoms. The Morgan fingerprint density at radius 1 is 1.10 bits per heavy atom. The van der Waals surface area contributed by atoms with Gasteiger partial charge < -0.3 is 13.4 Å². The monoisotopic (exact) mass is 458 g/mol. The number of halogens is 2. The van der Waals surface area contributed by atoms with Crippen molar-refractivity contribution < 1.29 is 8.83 Å².